The Balaban J connectivity index is 1.68. The summed E-state index contributed by atoms with van der Waals surface area (Å²) >= 11 is 0. The highest BCUT2D eigenvalue weighted by Gasteiger charge is 2.34. The number of amides is 2. The van der Waals surface area contributed by atoms with Crippen molar-refractivity contribution in [2.75, 3.05) is 5.32 Å². The van der Waals surface area contributed by atoms with E-state index in [-0.39, 0.29) is 12.1 Å². The Morgan fingerprint density at radius 1 is 1.32 bits per heavy atom. The van der Waals surface area contributed by atoms with E-state index in [1.165, 1.54) is 18.3 Å². The van der Waals surface area contributed by atoms with Crippen LogP contribution in [-0.4, -0.2) is 16.0 Å². The molecule has 2 N–H and O–H groups in total. The number of hydrogen-bond donors (Lipinski definition) is 2. The quantitative estimate of drug-likeness (QED) is 0.852. The summed E-state index contributed by atoms with van der Waals surface area (Å²) in [6, 6.07) is 6.15. The number of nitrogens with zero attached hydrogens (tertiary/aromatic N) is 2. The molecule has 1 fully saturated rings. The van der Waals surface area contributed by atoms with Gasteiger partial charge in [-0.05, 0) is 55.5 Å². The number of carbonyl (C=O) groups is 1. The van der Waals surface area contributed by atoms with E-state index in [0.717, 1.165) is 24.1 Å². The first-order valence-electron chi connectivity index (χ1n) is 7.23. The summed E-state index contributed by atoms with van der Waals surface area (Å²) in [5.74, 6) is -0.155. The van der Waals surface area contributed by atoms with Crippen LogP contribution in [0.2, 0.25) is 0 Å². The smallest absolute Gasteiger partial charge is 0.319 e. The van der Waals surface area contributed by atoms with Crippen LogP contribution >= 0.6 is 0 Å². The topological polar surface area (TPSA) is 66.9 Å². The molecule has 0 bridgehead atoms. The maximum absolute atomic E-state index is 12.8. The molecule has 0 saturated heterocycles. The molecule has 6 heteroatoms. The first kappa shape index (κ1) is 14.4. The van der Waals surface area contributed by atoms with Gasteiger partial charge in [-0.1, -0.05) is 0 Å². The molecule has 5 nitrogen and oxygen atoms in total. The molecule has 2 amide bonds. The Bertz CT molecular complexity index is 670. The van der Waals surface area contributed by atoms with E-state index in [9.17, 15) is 9.18 Å². The first-order valence-corrected chi connectivity index (χ1v) is 7.23. The molecule has 1 saturated carbocycles. The minimum atomic E-state index is -0.578. The number of aromatic nitrogens is 2. The fraction of sp³-hybridized carbons (Fsp3) is 0.312. The third-order valence-corrected chi connectivity index (χ3v) is 3.62. The maximum atomic E-state index is 12.8. The van der Waals surface area contributed by atoms with Gasteiger partial charge in [0.2, 0.25) is 5.95 Å². The number of carbonyl (C=O) groups excluding carboxylic acids is 1. The zero-order chi connectivity index (χ0) is 15.5. The standard InChI is InChI=1S/C16H17FN4O/c1-10-6-7-18-13(8-10)15(11-2-3-11)21-16(22)20-12-4-5-14(17)19-9-12/h4-9,11,15H,2-3H2,1H3,(H2,20,21,22)/t15-/m1/s1. The van der Waals surface area contributed by atoms with Crippen LogP contribution in [-0.2, 0) is 0 Å². The molecule has 1 aliphatic rings. The molecule has 1 aliphatic carbocycles. The summed E-state index contributed by atoms with van der Waals surface area (Å²) in [4.78, 5) is 20.0. The van der Waals surface area contributed by atoms with Gasteiger partial charge in [-0.3, -0.25) is 4.98 Å². The van der Waals surface area contributed by atoms with Gasteiger partial charge < -0.3 is 10.6 Å². The average Bonchev–Trinajstić information content (AvgIpc) is 3.32. The van der Waals surface area contributed by atoms with Gasteiger partial charge in [0.15, 0.2) is 0 Å². The van der Waals surface area contributed by atoms with E-state index >= 15 is 0 Å². The number of rotatable bonds is 4. The molecule has 2 aromatic heterocycles. The van der Waals surface area contributed by atoms with Gasteiger partial charge in [-0.2, -0.15) is 4.39 Å². The van der Waals surface area contributed by atoms with E-state index in [1.54, 1.807) is 6.20 Å². The van der Waals surface area contributed by atoms with E-state index in [2.05, 4.69) is 20.6 Å². The van der Waals surface area contributed by atoms with Gasteiger partial charge in [0, 0.05) is 6.20 Å². The van der Waals surface area contributed by atoms with Crippen LogP contribution in [0.1, 0.15) is 30.1 Å². The normalized spacial score (nSPS) is 15.2. The van der Waals surface area contributed by atoms with Gasteiger partial charge >= 0.3 is 6.03 Å². The number of anilines is 1. The zero-order valence-electron chi connectivity index (χ0n) is 12.2. The Morgan fingerprint density at radius 3 is 2.77 bits per heavy atom. The van der Waals surface area contributed by atoms with Crippen LogP contribution in [0.4, 0.5) is 14.9 Å². The van der Waals surface area contributed by atoms with E-state index in [1.807, 2.05) is 19.1 Å². The molecule has 0 radical (unpaired) electrons. The number of aryl methyl sites for hydroxylation is 1. The molecular formula is C16H17FN4O. The second-order valence-electron chi connectivity index (χ2n) is 5.54. The molecule has 0 aromatic carbocycles. The lowest BCUT2D eigenvalue weighted by Crippen LogP contribution is -2.34. The lowest BCUT2D eigenvalue weighted by atomic mass is 10.1. The molecule has 22 heavy (non-hydrogen) atoms. The fourth-order valence-electron chi connectivity index (χ4n) is 2.35. The molecule has 0 aliphatic heterocycles. The number of urea groups is 1. The molecule has 0 spiro atoms. The Kier molecular flexibility index (Phi) is 4.00. The average molecular weight is 300 g/mol. The number of hydrogen-bond acceptors (Lipinski definition) is 3. The molecule has 0 unspecified atom stereocenters. The van der Waals surface area contributed by atoms with Crippen molar-refractivity contribution in [3.8, 4) is 0 Å². The second kappa shape index (κ2) is 6.09. The molecular weight excluding hydrogens is 283 g/mol. The molecule has 2 heterocycles. The number of nitrogens with one attached hydrogen (secondary N) is 2. The second-order valence-corrected chi connectivity index (χ2v) is 5.54. The summed E-state index contributed by atoms with van der Waals surface area (Å²) in [6.07, 6.45) is 5.20. The van der Waals surface area contributed by atoms with Crippen LogP contribution in [0.25, 0.3) is 0 Å². The lowest BCUT2D eigenvalue weighted by molar-refractivity contribution is 0.246. The van der Waals surface area contributed by atoms with Crippen LogP contribution in [0.5, 0.6) is 0 Å². The summed E-state index contributed by atoms with van der Waals surface area (Å²) in [5, 5.41) is 5.61. The first-order chi connectivity index (χ1) is 10.6. The summed E-state index contributed by atoms with van der Waals surface area (Å²) in [5.41, 5.74) is 2.43. The molecule has 2 aromatic rings. The van der Waals surface area contributed by atoms with Crippen LogP contribution in [0, 0.1) is 18.8 Å². The van der Waals surface area contributed by atoms with Crippen molar-refractivity contribution in [3.05, 3.63) is 53.9 Å². The third-order valence-electron chi connectivity index (χ3n) is 3.62. The van der Waals surface area contributed by atoms with Crippen LogP contribution in [0.15, 0.2) is 36.7 Å². The third kappa shape index (κ3) is 3.58. The summed E-state index contributed by atoms with van der Waals surface area (Å²) in [6.45, 7) is 2.00. The van der Waals surface area contributed by atoms with Crippen molar-refractivity contribution < 1.29 is 9.18 Å². The lowest BCUT2D eigenvalue weighted by Gasteiger charge is -2.18. The highest BCUT2D eigenvalue weighted by molar-refractivity contribution is 5.89. The molecule has 3 rings (SSSR count). The van der Waals surface area contributed by atoms with E-state index in [4.69, 9.17) is 0 Å². The minimum absolute atomic E-state index is 0.103. The predicted octanol–water partition coefficient (Wildman–Crippen LogP) is 3.20. The van der Waals surface area contributed by atoms with Crippen molar-refractivity contribution in [1.82, 2.24) is 15.3 Å². The summed E-state index contributed by atoms with van der Waals surface area (Å²) in [7, 11) is 0. The van der Waals surface area contributed by atoms with Gasteiger partial charge in [0.1, 0.15) is 0 Å². The van der Waals surface area contributed by atoms with E-state index < -0.39 is 5.95 Å². The number of pyridine rings is 2. The van der Waals surface area contributed by atoms with E-state index in [0.29, 0.717) is 11.6 Å². The van der Waals surface area contributed by atoms with Crippen molar-refractivity contribution in [3.63, 3.8) is 0 Å². The van der Waals surface area contributed by atoms with Gasteiger partial charge in [-0.15, -0.1) is 0 Å². The van der Waals surface area contributed by atoms with Crippen molar-refractivity contribution >= 4 is 11.7 Å². The molecule has 1 atom stereocenters. The van der Waals surface area contributed by atoms with Crippen molar-refractivity contribution in [2.24, 2.45) is 5.92 Å². The highest BCUT2D eigenvalue weighted by Crippen LogP contribution is 2.40. The minimum Gasteiger partial charge on any atom is -0.329 e. The van der Waals surface area contributed by atoms with Crippen molar-refractivity contribution in [2.45, 2.75) is 25.8 Å². The van der Waals surface area contributed by atoms with Gasteiger partial charge in [-0.25, -0.2) is 9.78 Å². The maximum Gasteiger partial charge on any atom is 0.319 e. The Hall–Kier alpha value is -2.50. The molecule has 114 valence electrons. The van der Waals surface area contributed by atoms with Crippen LogP contribution < -0.4 is 10.6 Å². The van der Waals surface area contributed by atoms with Gasteiger partial charge in [0.05, 0.1) is 23.6 Å². The summed E-state index contributed by atoms with van der Waals surface area (Å²) < 4.78 is 12.8. The Labute approximate surface area is 128 Å². The fourth-order valence-corrected chi connectivity index (χ4v) is 2.35. The Morgan fingerprint density at radius 2 is 2.14 bits per heavy atom. The van der Waals surface area contributed by atoms with Crippen molar-refractivity contribution in [1.29, 1.82) is 0 Å². The predicted molar refractivity (Wildman–Crippen MR) is 80.8 cm³/mol. The van der Waals surface area contributed by atoms with Gasteiger partial charge in [0.25, 0.3) is 0 Å². The van der Waals surface area contributed by atoms with Crippen LogP contribution in [0.3, 0.4) is 0 Å². The SMILES string of the molecule is Cc1ccnc([C@H](NC(=O)Nc2ccc(F)nc2)C2CC2)c1. The largest absolute Gasteiger partial charge is 0.329 e. The highest BCUT2D eigenvalue weighted by atomic mass is 19.1. The zero-order valence-corrected chi connectivity index (χ0v) is 12.2. The monoisotopic (exact) mass is 300 g/mol. The number of halogens is 1.